The molecule has 0 spiro atoms. The minimum atomic E-state index is -0.871. The zero-order valence-electron chi connectivity index (χ0n) is 15.7. The number of aliphatic carboxylic acids is 1. The monoisotopic (exact) mass is 366 g/mol. The zero-order valence-corrected chi connectivity index (χ0v) is 15.7. The topological polar surface area (TPSA) is 63.6 Å². The van der Waals surface area contributed by atoms with Crippen LogP contribution in [0.25, 0.3) is 0 Å². The molecule has 0 bridgehead atoms. The summed E-state index contributed by atoms with van der Waals surface area (Å²) in [6, 6.07) is 18.9. The van der Waals surface area contributed by atoms with Crippen LogP contribution in [0.15, 0.2) is 60.7 Å². The summed E-state index contributed by atoms with van der Waals surface area (Å²) < 4.78 is 5.56. The van der Waals surface area contributed by atoms with Gasteiger partial charge in [-0.25, -0.2) is 0 Å². The van der Waals surface area contributed by atoms with Gasteiger partial charge in [-0.2, -0.15) is 0 Å². The second-order valence-corrected chi connectivity index (χ2v) is 7.61. The molecule has 3 rings (SSSR count). The molecule has 0 amide bonds. The number of hydrogen-bond donors (Lipinski definition) is 1. The molecule has 142 valence electrons. The second-order valence-electron chi connectivity index (χ2n) is 7.61. The Morgan fingerprint density at radius 2 is 1.37 bits per heavy atom. The number of rotatable bonds is 7. The van der Waals surface area contributed by atoms with Crippen molar-refractivity contribution >= 4 is 11.9 Å². The van der Waals surface area contributed by atoms with E-state index in [0.29, 0.717) is 12.5 Å². The maximum atomic E-state index is 12.9. The number of ether oxygens (including phenoxy) is 1. The molecular weight excluding hydrogens is 340 g/mol. The highest BCUT2D eigenvalue weighted by Gasteiger charge is 2.59. The molecule has 2 aromatic carbocycles. The van der Waals surface area contributed by atoms with Gasteiger partial charge in [0.2, 0.25) is 0 Å². The van der Waals surface area contributed by atoms with E-state index in [1.54, 1.807) is 0 Å². The molecule has 1 aliphatic rings. The van der Waals surface area contributed by atoms with Gasteiger partial charge in [-0.05, 0) is 23.5 Å². The first-order chi connectivity index (χ1) is 13.0. The number of hydrogen-bond acceptors (Lipinski definition) is 3. The first kappa shape index (κ1) is 19.2. The summed E-state index contributed by atoms with van der Waals surface area (Å²) in [6.07, 6.45) is 0.798. The van der Waals surface area contributed by atoms with Crippen molar-refractivity contribution in [3.63, 3.8) is 0 Å². The molecule has 0 heterocycles. The molecule has 0 radical (unpaired) electrons. The molecule has 1 fully saturated rings. The highest BCUT2D eigenvalue weighted by molar-refractivity contribution is 5.84. The molecule has 4 nitrogen and oxygen atoms in total. The minimum absolute atomic E-state index is 0.296. The third kappa shape index (κ3) is 4.05. The van der Waals surface area contributed by atoms with E-state index in [2.05, 4.69) is 13.8 Å². The normalized spacial score (nSPS) is 24.3. The first-order valence-electron chi connectivity index (χ1n) is 9.50. The van der Waals surface area contributed by atoms with Crippen molar-refractivity contribution in [3.05, 3.63) is 71.8 Å². The molecule has 4 heteroatoms. The van der Waals surface area contributed by atoms with Gasteiger partial charge in [-0.3, -0.25) is 9.59 Å². The lowest BCUT2D eigenvalue weighted by Gasteiger charge is -2.49. The van der Waals surface area contributed by atoms with Gasteiger partial charge in [0, 0.05) is 11.8 Å². The Bertz CT molecular complexity index is 722. The Kier molecular flexibility index (Phi) is 5.94. The number of carboxylic acid groups (broad SMARTS) is 1. The lowest BCUT2D eigenvalue weighted by atomic mass is 9.52. The molecule has 1 aliphatic carbocycles. The highest BCUT2D eigenvalue weighted by atomic mass is 16.5. The highest BCUT2D eigenvalue weighted by Crippen LogP contribution is 2.58. The van der Waals surface area contributed by atoms with Gasteiger partial charge < -0.3 is 9.84 Å². The Morgan fingerprint density at radius 3 is 1.78 bits per heavy atom. The maximum Gasteiger partial charge on any atom is 0.310 e. The average molecular weight is 366 g/mol. The summed E-state index contributed by atoms with van der Waals surface area (Å²) in [5, 5.41) is 9.89. The molecule has 0 aromatic heterocycles. The summed E-state index contributed by atoms with van der Waals surface area (Å²) in [5.74, 6) is -2.60. The molecule has 2 aromatic rings. The van der Waals surface area contributed by atoms with Crippen LogP contribution in [0.5, 0.6) is 0 Å². The van der Waals surface area contributed by atoms with Crippen molar-refractivity contribution in [3.8, 4) is 0 Å². The van der Waals surface area contributed by atoms with Crippen molar-refractivity contribution in [2.75, 3.05) is 6.61 Å². The predicted molar refractivity (Wildman–Crippen MR) is 103 cm³/mol. The predicted octanol–water partition coefficient (Wildman–Crippen LogP) is 4.47. The largest absolute Gasteiger partial charge is 0.481 e. The zero-order chi connectivity index (χ0) is 19.4. The SMILES string of the molecule is CC(C)CCOC(=O)C1[C@@H](c2ccccc2)C(C(=O)O)[C@@H]1c1ccccc1. The molecule has 0 unspecified atom stereocenters. The van der Waals surface area contributed by atoms with Gasteiger partial charge in [0.25, 0.3) is 0 Å². The summed E-state index contributed by atoms with van der Waals surface area (Å²) in [5.41, 5.74) is 1.76. The lowest BCUT2D eigenvalue weighted by Crippen LogP contribution is -2.51. The minimum Gasteiger partial charge on any atom is -0.481 e. The Labute approximate surface area is 160 Å². The third-order valence-corrected chi connectivity index (χ3v) is 5.41. The van der Waals surface area contributed by atoms with Crippen LogP contribution in [0.4, 0.5) is 0 Å². The van der Waals surface area contributed by atoms with Crippen LogP contribution in [-0.4, -0.2) is 23.7 Å². The van der Waals surface area contributed by atoms with E-state index in [-0.39, 0.29) is 17.8 Å². The fourth-order valence-corrected chi connectivity index (χ4v) is 4.02. The van der Waals surface area contributed by atoms with Gasteiger partial charge in [-0.15, -0.1) is 0 Å². The van der Waals surface area contributed by atoms with E-state index >= 15 is 0 Å². The van der Waals surface area contributed by atoms with E-state index in [4.69, 9.17) is 4.74 Å². The van der Waals surface area contributed by atoms with E-state index in [0.717, 1.165) is 17.5 Å². The number of carbonyl (C=O) groups excluding carboxylic acids is 1. The lowest BCUT2D eigenvalue weighted by molar-refractivity contribution is -0.164. The Morgan fingerprint density at radius 1 is 0.889 bits per heavy atom. The summed E-state index contributed by atoms with van der Waals surface area (Å²) in [4.78, 5) is 25.0. The van der Waals surface area contributed by atoms with Crippen molar-refractivity contribution < 1.29 is 19.4 Å². The summed E-state index contributed by atoms with van der Waals surface area (Å²) >= 11 is 0. The van der Waals surface area contributed by atoms with Gasteiger partial charge in [0.1, 0.15) is 0 Å². The fraction of sp³-hybridized carbons (Fsp3) is 0.391. The summed E-state index contributed by atoms with van der Waals surface area (Å²) in [7, 11) is 0. The molecule has 2 atom stereocenters. The van der Waals surface area contributed by atoms with E-state index in [1.807, 2.05) is 60.7 Å². The molecular formula is C23H26O4. The van der Waals surface area contributed by atoms with Crippen LogP contribution >= 0.6 is 0 Å². The summed E-state index contributed by atoms with van der Waals surface area (Å²) in [6.45, 7) is 4.53. The maximum absolute atomic E-state index is 12.9. The second kappa shape index (κ2) is 8.38. The number of carbonyl (C=O) groups is 2. The van der Waals surface area contributed by atoms with Crippen LogP contribution in [0.3, 0.4) is 0 Å². The third-order valence-electron chi connectivity index (χ3n) is 5.41. The van der Waals surface area contributed by atoms with Gasteiger partial charge in [0.15, 0.2) is 0 Å². The molecule has 1 saturated carbocycles. The smallest absolute Gasteiger partial charge is 0.310 e. The van der Waals surface area contributed by atoms with Crippen molar-refractivity contribution in [2.24, 2.45) is 17.8 Å². The number of esters is 1. The first-order valence-corrected chi connectivity index (χ1v) is 9.50. The van der Waals surface area contributed by atoms with Crippen LogP contribution in [-0.2, 0) is 14.3 Å². The standard InChI is InChI=1S/C23H26O4/c1-15(2)13-14-27-23(26)21-18(16-9-5-3-6-10-16)20(22(24)25)19(21)17-11-7-4-8-12-17/h3-12,15,18-21H,13-14H2,1-2H3,(H,24,25)/t18-,19-,20?,21?/m0/s1. The Balaban J connectivity index is 1.92. The van der Waals surface area contributed by atoms with Crippen LogP contribution in [0.1, 0.15) is 43.2 Å². The quantitative estimate of drug-likeness (QED) is 0.734. The Hall–Kier alpha value is -2.62. The molecule has 1 N–H and O–H groups in total. The molecule has 0 saturated heterocycles. The van der Waals surface area contributed by atoms with Gasteiger partial charge >= 0.3 is 11.9 Å². The van der Waals surface area contributed by atoms with Crippen LogP contribution in [0, 0.1) is 17.8 Å². The van der Waals surface area contributed by atoms with E-state index in [1.165, 1.54) is 0 Å². The van der Waals surface area contributed by atoms with Crippen molar-refractivity contribution in [1.82, 2.24) is 0 Å². The number of benzene rings is 2. The molecule has 0 aliphatic heterocycles. The van der Waals surface area contributed by atoms with Gasteiger partial charge in [-0.1, -0.05) is 74.5 Å². The van der Waals surface area contributed by atoms with Crippen molar-refractivity contribution in [1.29, 1.82) is 0 Å². The molecule has 27 heavy (non-hydrogen) atoms. The number of carboxylic acids is 1. The fourth-order valence-electron chi connectivity index (χ4n) is 4.02. The van der Waals surface area contributed by atoms with Crippen LogP contribution in [0.2, 0.25) is 0 Å². The van der Waals surface area contributed by atoms with Gasteiger partial charge in [0.05, 0.1) is 18.4 Å². The van der Waals surface area contributed by atoms with Crippen LogP contribution < -0.4 is 0 Å². The average Bonchev–Trinajstić information content (AvgIpc) is 2.62. The van der Waals surface area contributed by atoms with Crippen molar-refractivity contribution in [2.45, 2.75) is 32.1 Å². The van der Waals surface area contributed by atoms with E-state index in [9.17, 15) is 14.7 Å². The van der Waals surface area contributed by atoms with E-state index < -0.39 is 17.8 Å².